The zero-order chi connectivity index (χ0) is 11.2. The molecule has 2 aliphatic rings. The van der Waals surface area contributed by atoms with Crippen LogP contribution in [-0.4, -0.2) is 28.4 Å². The highest BCUT2D eigenvalue weighted by molar-refractivity contribution is 5.90. The Hall–Kier alpha value is -1.03. The molecule has 2 rings (SSSR count). The molecule has 0 unspecified atom stereocenters. The Morgan fingerprint density at radius 2 is 2.07 bits per heavy atom. The first-order valence-corrected chi connectivity index (χ1v) is 5.31. The van der Waals surface area contributed by atoms with Crippen LogP contribution < -0.4 is 0 Å². The van der Waals surface area contributed by atoms with Crippen molar-refractivity contribution >= 4 is 5.97 Å². The molecule has 84 valence electrons. The molecule has 1 aliphatic heterocycles. The third-order valence-electron chi connectivity index (χ3n) is 3.44. The molecule has 0 bridgehead atoms. The van der Waals surface area contributed by atoms with E-state index in [1.165, 1.54) is 0 Å². The number of aliphatic hydroxyl groups excluding tert-OH is 2. The van der Waals surface area contributed by atoms with Gasteiger partial charge in [-0.25, -0.2) is 4.79 Å². The molecule has 0 aromatic heterocycles. The molecule has 0 saturated carbocycles. The summed E-state index contributed by atoms with van der Waals surface area (Å²) < 4.78 is 5.07. The smallest absolute Gasteiger partial charge is 0.337 e. The second-order valence-corrected chi connectivity index (χ2v) is 4.55. The van der Waals surface area contributed by atoms with Gasteiger partial charge in [0.05, 0.1) is 17.8 Å². The minimum absolute atomic E-state index is 0.00231. The first-order valence-electron chi connectivity index (χ1n) is 5.31. The summed E-state index contributed by atoms with van der Waals surface area (Å²) in [4.78, 5) is 11.6. The van der Waals surface area contributed by atoms with Crippen LogP contribution in [-0.2, 0) is 9.53 Å². The predicted octanol–water partition coefficient (Wildman–Crippen LogP) is 1.15. The first kappa shape index (κ1) is 10.5. The summed E-state index contributed by atoms with van der Waals surface area (Å²) >= 11 is 0. The Morgan fingerprint density at radius 3 is 2.73 bits per heavy atom. The molecule has 0 spiro atoms. The van der Waals surface area contributed by atoms with Gasteiger partial charge in [0.15, 0.2) is 0 Å². The van der Waals surface area contributed by atoms with Crippen molar-refractivity contribution in [1.29, 1.82) is 0 Å². The van der Waals surface area contributed by atoms with Crippen molar-refractivity contribution in [1.82, 2.24) is 0 Å². The average Bonchev–Trinajstić information content (AvgIpc) is 2.12. The number of carbonyl (C=O) groups is 1. The van der Waals surface area contributed by atoms with Crippen LogP contribution in [0.5, 0.6) is 0 Å². The van der Waals surface area contributed by atoms with E-state index in [2.05, 4.69) is 0 Å². The van der Waals surface area contributed by atoms with E-state index in [0.717, 1.165) is 0 Å². The number of rotatable bonds is 0. The van der Waals surface area contributed by atoms with Gasteiger partial charge in [0, 0.05) is 12.3 Å². The Labute approximate surface area is 88.6 Å². The number of aliphatic hydroxyl groups is 2. The van der Waals surface area contributed by atoms with Crippen LogP contribution in [0, 0.1) is 11.8 Å². The van der Waals surface area contributed by atoms with E-state index < -0.39 is 12.1 Å². The summed E-state index contributed by atoms with van der Waals surface area (Å²) in [7, 11) is 0. The molecule has 0 aromatic rings. The van der Waals surface area contributed by atoms with Crippen LogP contribution in [0.4, 0.5) is 0 Å². The van der Waals surface area contributed by atoms with Crippen LogP contribution in [0.2, 0.25) is 0 Å². The number of fused-ring (bicyclic) bond motifs is 1. The molecule has 1 saturated heterocycles. The highest BCUT2D eigenvalue weighted by Gasteiger charge is 2.43. The van der Waals surface area contributed by atoms with Gasteiger partial charge in [0.2, 0.25) is 0 Å². The molecule has 0 radical (unpaired) electrons. The van der Waals surface area contributed by atoms with Crippen molar-refractivity contribution in [3.8, 4) is 0 Å². The molecule has 0 aromatic carbocycles. The number of esters is 1. The monoisotopic (exact) mass is 212 g/mol. The van der Waals surface area contributed by atoms with Gasteiger partial charge in [-0.05, 0) is 19.3 Å². The van der Waals surface area contributed by atoms with Crippen LogP contribution in [0.3, 0.4) is 0 Å². The van der Waals surface area contributed by atoms with E-state index in [9.17, 15) is 15.0 Å². The van der Waals surface area contributed by atoms with Crippen LogP contribution in [0.15, 0.2) is 11.3 Å². The van der Waals surface area contributed by atoms with E-state index in [0.29, 0.717) is 12.0 Å². The third-order valence-corrected chi connectivity index (χ3v) is 3.44. The van der Waals surface area contributed by atoms with Crippen molar-refractivity contribution < 1.29 is 19.7 Å². The van der Waals surface area contributed by atoms with E-state index >= 15 is 0 Å². The molecule has 4 heteroatoms. The second-order valence-electron chi connectivity index (χ2n) is 4.55. The number of hydrogen-bond donors (Lipinski definition) is 2. The van der Waals surface area contributed by atoms with Crippen molar-refractivity contribution in [2.24, 2.45) is 11.8 Å². The van der Waals surface area contributed by atoms with Gasteiger partial charge in [-0.15, -0.1) is 0 Å². The largest absolute Gasteiger partial charge is 0.512 e. The van der Waals surface area contributed by atoms with Crippen molar-refractivity contribution in [2.45, 2.75) is 38.9 Å². The maximum atomic E-state index is 11.6. The topological polar surface area (TPSA) is 66.8 Å². The lowest BCUT2D eigenvalue weighted by molar-refractivity contribution is -0.151. The lowest BCUT2D eigenvalue weighted by atomic mass is 9.73. The van der Waals surface area contributed by atoms with Crippen molar-refractivity contribution in [3.05, 3.63) is 11.3 Å². The second kappa shape index (κ2) is 3.52. The molecular weight excluding hydrogens is 196 g/mol. The molecule has 2 N–H and O–H groups in total. The van der Waals surface area contributed by atoms with E-state index in [1.54, 1.807) is 0 Å². The fourth-order valence-corrected chi connectivity index (χ4v) is 2.49. The summed E-state index contributed by atoms with van der Waals surface area (Å²) in [6, 6.07) is 0. The number of cyclic esters (lactones) is 1. The predicted molar refractivity (Wildman–Crippen MR) is 53.1 cm³/mol. The fourth-order valence-electron chi connectivity index (χ4n) is 2.49. The van der Waals surface area contributed by atoms with E-state index in [1.807, 2.05) is 13.8 Å². The number of hydrogen-bond acceptors (Lipinski definition) is 4. The number of carbonyl (C=O) groups excluding carboxylic acids is 1. The van der Waals surface area contributed by atoms with Gasteiger partial charge in [0.25, 0.3) is 0 Å². The number of ether oxygens (including phenoxy) is 1. The molecule has 0 amide bonds. The molecular formula is C11H16O4. The third kappa shape index (κ3) is 1.63. The van der Waals surface area contributed by atoms with Gasteiger partial charge in [-0.1, -0.05) is 6.92 Å². The minimum Gasteiger partial charge on any atom is -0.512 e. The lowest BCUT2D eigenvalue weighted by Crippen LogP contribution is -2.41. The molecule has 4 nitrogen and oxygen atoms in total. The Kier molecular flexibility index (Phi) is 2.46. The Balaban J connectivity index is 2.37. The Bertz CT molecular complexity index is 321. The van der Waals surface area contributed by atoms with Gasteiger partial charge >= 0.3 is 5.97 Å². The maximum Gasteiger partial charge on any atom is 0.337 e. The van der Waals surface area contributed by atoms with E-state index in [4.69, 9.17) is 4.74 Å². The van der Waals surface area contributed by atoms with E-state index in [-0.39, 0.29) is 30.1 Å². The molecule has 1 fully saturated rings. The molecule has 1 aliphatic carbocycles. The summed E-state index contributed by atoms with van der Waals surface area (Å²) in [5, 5.41) is 19.4. The van der Waals surface area contributed by atoms with Gasteiger partial charge in [-0.3, -0.25) is 0 Å². The quantitative estimate of drug-likeness (QED) is 0.591. The van der Waals surface area contributed by atoms with Crippen molar-refractivity contribution in [3.63, 3.8) is 0 Å². The molecule has 15 heavy (non-hydrogen) atoms. The Morgan fingerprint density at radius 1 is 1.40 bits per heavy atom. The highest BCUT2D eigenvalue weighted by atomic mass is 16.5. The average molecular weight is 212 g/mol. The minimum atomic E-state index is -0.558. The van der Waals surface area contributed by atoms with Crippen LogP contribution in [0.25, 0.3) is 0 Å². The molecule has 1 heterocycles. The fraction of sp³-hybridized carbons (Fsp3) is 0.727. The zero-order valence-electron chi connectivity index (χ0n) is 8.93. The normalized spacial score (nSPS) is 41.1. The summed E-state index contributed by atoms with van der Waals surface area (Å²) in [6.45, 7) is 3.74. The summed E-state index contributed by atoms with van der Waals surface area (Å²) in [6.07, 6.45) is 0.156. The highest BCUT2D eigenvalue weighted by Crippen LogP contribution is 2.40. The first-order chi connectivity index (χ1) is 7.00. The summed E-state index contributed by atoms with van der Waals surface area (Å²) in [5.74, 6) is -0.478. The SMILES string of the molecule is C[C@@H]1[C@H](O)CC(O)=C2C(=O)O[C@H](C)C[C@@H]21. The van der Waals surface area contributed by atoms with Crippen LogP contribution >= 0.6 is 0 Å². The lowest BCUT2D eigenvalue weighted by Gasteiger charge is -2.38. The van der Waals surface area contributed by atoms with Crippen molar-refractivity contribution in [2.75, 3.05) is 0 Å². The summed E-state index contributed by atoms with van der Waals surface area (Å²) in [5.41, 5.74) is 0.380. The maximum absolute atomic E-state index is 11.6. The van der Waals surface area contributed by atoms with Gasteiger partial charge in [-0.2, -0.15) is 0 Å². The van der Waals surface area contributed by atoms with Crippen LogP contribution in [0.1, 0.15) is 26.7 Å². The van der Waals surface area contributed by atoms with Gasteiger partial charge in [0.1, 0.15) is 5.76 Å². The van der Waals surface area contributed by atoms with Gasteiger partial charge < -0.3 is 14.9 Å². The standard InChI is InChI=1S/C11H16O4/c1-5-3-7-6(2)8(12)4-9(13)10(7)11(14)15-5/h5-8,12-13H,3-4H2,1-2H3/t5-,6+,7-,8-/m1/s1. The zero-order valence-corrected chi connectivity index (χ0v) is 8.93. The molecule has 4 atom stereocenters.